The zero-order valence-corrected chi connectivity index (χ0v) is 13.1. The van der Waals surface area contributed by atoms with Gasteiger partial charge in [0, 0.05) is 25.4 Å². The summed E-state index contributed by atoms with van der Waals surface area (Å²) in [6, 6.07) is 5.92. The van der Waals surface area contributed by atoms with Gasteiger partial charge in [0.25, 0.3) is 5.91 Å². The lowest BCUT2D eigenvalue weighted by atomic mass is 10.0. The van der Waals surface area contributed by atoms with Crippen LogP contribution in [0.3, 0.4) is 0 Å². The number of benzene rings is 1. The average molecular weight is 290 g/mol. The molecule has 4 nitrogen and oxygen atoms in total. The van der Waals surface area contributed by atoms with Crippen molar-refractivity contribution in [1.29, 1.82) is 0 Å². The van der Waals surface area contributed by atoms with Crippen molar-refractivity contribution in [3.63, 3.8) is 0 Å². The molecule has 1 aliphatic rings. The number of amides is 1. The first-order valence-electron chi connectivity index (χ1n) is 7.91. The zero-order valence-electron chi connectivity index (χ0n) is 13.1. The van der Waals surface area contributed by atoms with Gasteiger partial charge in [-0.2, -0.15) is 0 Å². The van der Waals surface area contributed by atoms with Crippen LogP contribution in [-0.2, 0) is 4.74 Å². The van der Waals surface area contributed by atoms with Crippen molar-refractivity contribution in [2.45, 2.75) is 33.1 Å². The van der Waals surface area contributed by atoms with Crippen molar-refractivity contribution >= 4 is 11.6 Å². The van der Waals surface area contributed by atoms with Crippen LogP contribution in [0.25, 0.3) is 0 Å². The van der Waals surface area contributed by atoms with E-state index in [9.17, 15) is 4.79 Å². The van der Waals surface area contributed by atoms with Crippen molar-refractivity contribution in [2.75, 3.05) is 31.6 Å². The lowest BCUT2D eigenvalue weighted by Gasteiger charge is -2.22. The summed E-state index contributed by atoms with van der Waals surface area (Å²) in [6.45, 7) is 7.34. The Hall–Kier alpha value is -1.55. The van der Waals surface area contributed by atoms with Crippen LogP contribution < -0.4 is 10.6 Å². The van der Waals surface area contributed by atoms with E-state index in [1.807, 2.05) is 25.1 Å². The molecule has 1 amide bonds. The zero-order chi connectivity index (χ0) is 15.1. The molecule has 0 aromatic heterocycles. The standard InChI is InChI=1S/C17H26N2O2/c1-3-8-18-16-10-13(2)6-7-15(16)17(20)19-11-14-5-4-9-21-12-14/h6-7,10,14,18H,3-5,8-9,11-12H2,1-2H3,(H,19,20). The molecule has 0 bridgehead atoms. The highest BCUT2D eigenvalue weighted by molar-refractivity contribution is 5.99. The molecule has 1 saturated heterocycles. The van der Waals surface area contributed by atoms with E-state index >= 15 is 0 Å². The molecule has 1 atom stereocenters. The van der Waals surface area contributed by atoms with Crippen LogP contribution in [0.2, 0.25) is 0 Å². The molecule has 2 rings (SSSR count). The molecule has 21 heavy (non-hydrogen) atoms. The number of carbonyl (C=O) groups is 1. The fourth-order valence-corrected chi connectivity index (χ4v) is 2.56. The second-order valence-corrected chi connectivity index (χ2v) is 5.77. The van der Waals surface area contributed by atoms with Crippen LogP contribution in [0.4, 0.5) is 5.69 Å². The number of rotatable bonds is 6. The summed E-state index contributed by atoms with van der Waals surface area (Å²) in [6.07, 6.45) is 3.26. The predicted octanol–water partition coefficient (Wildman–Crippen LogP) is 2.97. The van der Waals surface area contributed by atoms with Gasteiger partial charge in [-0.1, -0.05) is 13.0 Å². The molecule has 1 unspecified atom stereocenters. The first-order chi connectivity index (χ1) is 10.2. The normalized spacial score (nSPS) is 18.3. The predicted molar refractivity (Wildman–Crippen MR) is 85.8 cm³/mol. The minimum absolute atomic E-state index is 0.000762. The van der Waals surface area contributed by atoms with Crippen LogP contribution in [0, 0.1) is 12.8 Å². The highest BCUT2D eigenvalue weighted by Crippen LogP contribution is 2.18. The van der Waals surface area contributed by atoms with E-state index in [2.05, 4.69) is 17.6 Å². The first kappa shape index (κ1) is 15.8. The Morgan fingerprint density at radius 3 is 3.00 bits per heavy atom. The minimum atomic E-state index is -0.000762. The molecular formula is C17H26N2O2. The van der Waals surface area contributed by atoms with Gasteiger partial charge in [0.1, 0.15) is 0 Å². The summed E-state index contributed by atoms with van der Waals surface area (Å²) < 4.78 is 5.45. The highest BCUT2D eigenvalue weighted by Gasteiger charge is 2.16. The Morgan fingerprint density at radius 1 is 1.43 bits per heavy atom. The van der Waals surface area contributed by atoms with Gasteiger partial charge in [0.15, 0.2) is 0 Å². The van der Waals surface area contributed by atoms with E-state index in [0.29, 0.717) is 12.5 Å². The number of hydrogen-bond acceptors (Lipinski definition) is 3. The summed E-state index contributed by atoms with van der Waals surface area (Å²) in [4.78, 5) is 12.4. The number of carbonyl (C=O) groups excluding carboxylic acids is 1. The van der Waals surface area contributed by atoms with Gasteiger partial charge in [-0.05, 0) is 49.8 Å². The molecule has 2 N–H and O–H groups in total. The number of nitrogens with one attached hydrogen (secondary N) is 2. The smallest absolute Gasteiger partial charge is 0.253 e. The molecule has 1 fully saturated rings. The molecule has 1 aromatic carbocycles. The summed E-state index contributed by atoms with van der Waals surface area (Å²) >= 11 is 0. The summed E-state index contributed by atoms with van der Waals surface area (Å²) in [5.41, 5.74) is 2.81. The third-order valence-electron chi connectivity index (χ3n) is 3.79. The fourth-order valence-electron chi connectivity index (χ4n) is 2.56. The molecule has 1 aliphatic heterocycles. The van der Waals surface area contributed by atoms with E-state index < -0.39 is 0 Å². The minimum Gasteiger partial charge on any atom is -0.384 e. The SMILES string of the molecule is CCCNc1cc(C)ccc1C(=O)NCC1CCCOC1. The fraction of sp³-hybridized carbons (Fsp3) is 0.588. The number of hydrogen-bond donors (Lipinski definition) is 2. The van der Waals surface area contributed by atoms with Gasteiger partial charge in [0.2, 0.25) is 0 Å². The van der Waals surface area contributed by atoms with Crippen molar-refractivity contribution in [1.82, 2.24) is 5.32 Å². The maximum absolute atomic E-state index is 12.4. The van der Waals surface area contributed by atoms with Gasteiger partial charge >= 0.3 is 0 Å². The lowest BCUT2D eigenvalue weighted by Crippen LogP contribution is -2.33. The van der Waals surface area contributed by atoms with Gasteiger partial charge < -0.3 is 15.4 Å². The Bertz CT molecular complexity index is 468. The molecule has 4 heteroatoms. The second kappa shape index (κ2) is 8.03. The van der Waals surface area contributed by atoms with Crippen LogP contribution >= 0.6 is 0 Å². The maximum Gasteiger partial charge on any atom is 0.253 e. The van der Waals surface area contributed by atoms with Gasteiger partial charge in [0.05, 0.1) is 12.2 Å². The third-order valence-corrected chi connectivity index (χ3v) is 3.79. The molecule has 1 heterocycles. The van der Waals surface area contributed by atoms with Gasteiger partial charge in [-0.3, -0.25) is 4.79 Å². The Balaban J connectivity index is 1.96. The van der Waals surface area contributed by atoms with E-state index in [1.165, 1.54) is 0 Å². The van der Waals surface area contributed by atoms with Crippen LogP contribution in [0.5, 0.6) is 0 Å². The van der Waals surface area contributed by atoms with E-state index in [4.69, 9.17) is 4.74 Å². The van der Waals surface area contributed by atoms with Crippen molar-refractivity contribution in [2.24, 2.45) is 5.92 Å². The Labute approximate surface area is 127 Å². The summed E-state index contributed by atoms with van der Waals surface area (Å²) in [7, 11) is 0. The second-order valence-electron chi connectivity index (χ2n) is 5.77. The molecule has 116 valence electrons. The maximum atomic E-state index is 12.4. The highest BCUT2D eigenvalue weighted by atomic mass is 16.5. The van der Waals surface area contributed by atoms with Gasteiger partial charge in [-0.25, -0.2) is 0 Å². The average Bonchev–Trinajstić information content (AvgIpc) is 2.51. The molecule has 0 spiro atoms. The molecule has 0 saturated carbocycles. The molecule has 0 radical (unpaired) electrons. The molecule has 1 aromatic rings. The quantitative estimate of drug-likeness (QED) is 0.847. The van der Waals surface area contributed by atoms with Crippen LogP contribution in [0.15, 0.2) is 18.2 Å². The number of ether oxygens (including phenoxy) is 1. The summed E-state index contributed by atoms with van der Waals surface area (Å²) in [5, 5.41) is 6.38. The molecule has 0 aliphatic carbocycles. The van der Waals surface area contributed by atoms with E-state index in [0.717, 1.165) is 55.8 Å². The van der Waals surface area contributed by atoms with E-state index in [1.54, 1.807) is 0 Å². The molecular weight excluding hydrogens is 264 g/mol. The van der Waals surface area contributed by atoms with Crippen molar-refractivity contribution < 1.29 is 9.53 Å². The van der Waals surface area contributed by atoms with Crippen molar-refractivity contribution in [3.05, 3.63) is 29.3 Å². The topological polar surface area (TPSA) is 50.4 Å². The van der Waals surface area contributed by atoms with Crippen LogP contribution in [-0.4, -0.2) is 32.2 Å². The summed E-state index contributed by atoms with van der Waals surface area (Å²) in [5.74, 6) is 0.444. The van der Waals surface area contributed by atoms with Crippen molar-refractivity contribution in [3.8, 4) is 0 Å². The lowest BCUT2D eigenvalue weighted by molar-refractivity contribution is 0.0536. The Kier molecular flexibility index (Phi) is 6.05. The largest absolute Gasteiger partial charge is 0.384 e. The monoisotopic (exact) mass is 290 g/mol. The number of anilines is 1. The van der Waals surface area contributed by atoms with Crippen LogP contribution in [0.1, 0.15) is 42.1 Å². The van der Waals surface area contributed by atoms with Gasteiger partial charge in [-0.15, -0.1) is 0 Å². The third kappa shape index (κ3) is 4.74. The number of aryl methyl sites for hydroxylation is 1. The Morgan fingerprint density at radius 2 is 2.29 bits per heavy atom. The van der Waals surface area contributed by atoms with E-state index in [-0.39, 0.29) is 5.91 Å². The first-order valence-corrected chi connectivity index (χ1v) is 7.91.